The first-order chi connectivity index (χ1) is 4.76. The Labute approximate surface area is 59.6 Å². The van der Waals surface area contributed by atoms with E-state index in [1.54, 1.807) is 7.05 Å². The molecule has 0 amide bonds. The molecule has 0 rings (SSSR count). The van der Waals surface area contributed by atoms with Crippen LogP contribution in [0.15, 0.2) is 11.8 Å². The zero-order valence-electron chi connectivity index (χ0n) is 5.85. The van der Waals surface area contributed by atoms with Crippen LogP contribution in [0.3, 0.4) is 0 Å². The van der Waals surface area contributed by atoms with Gasteiger partial charge in [0.15, 0.2) is 5.78 Å². The highest BCUT2D eigenvalue weighted by Crippen LogP contribution is 1.85. The highest BCUT2D eigenvalue weighted by atomic mass is 16.1. The minimum Gasteiger partial charge on any atom is -0.385 e. The summed E-state index contributed by atoms with van der Waals surface area (Å²) in [7, 11) is 1.61. The van der Waals surface area contributed by atoms with Crippen molar-refractivity contribution in [3.05, 3.63) is 11.8 Å². The standard InChI is InChI=1S/C6H11N3O/c1-9-5(2-3-7)6(10)4-8/h2-3,7,9H,4,8H2,1H3/b5-2-,7-3?. The minimum absolute atomic E-state index is 0.0273. The zero-order chi connectivity index (χ0) is 7.98. The van der Waals surface area contributed by atoms with Gasteiger partial charge in [-0.05, 0) is 6.08 Å². The molecule has 4 nitrogen and oxygen atoms in total. The molecule has 0 fully saturated rings. The van der Waals surface area contributed by atoms with Crippen LogP contribution in [0.4, 0.5) is 0 Å². The third-order valence-electron chi connectivity index (χ3n) is 1.01. The van der Waals surface area contributed by atoms with E-state index < -0.39 is 0 Å². The first kappa shape index (κ1) is 8.84. The molecule has 0 saturated heterocycles. The number of nitrogens with one attached hydrogen (secondary N) is 2. The molecule has 4 N–H and O–H groups in total. The molecule has 0 saturated carbocycles. The van der Waals surface area contributed by atoms with Gasteiger partial charge in [-0.15, -0.1) is 0 Å². The lowest BCUT2D eigenvalue weighted by Gasteiger charge is -2.00. The van der Waals surface area contributed by atoms with Crippen molar-refractivity contribution >= 4 is 12.0 Å². The maximum atomic E-state index is 10.8. The molecule has 4 heteroatoms. The molecule has 0 aliphatic carbocycles. The van der Waals surface area contributed by atoms with E-state index in [0.717, 1.165) is 6.21 Å². The van der Waals surface area contributed by atoms with Gasteiger partial charge in [-0.3, -0.25) is 4.79 Å². The predicted molar refractivity (Wildman–Crippen MR) is 40.0 cm³/mol. The lowest BCUT2D eigenvalue weighted by Crippen LogP contribution is -2.23. The second-order valence-corrected chi connectivity index (χ2v) is 1.62. The number of carbonyl (C=O) groups is 1. The molecule has 0 bridgehead atoms. The molecule has 0 heterocycles. The number of ketones is 1. The number of rotatable bonds is 4. The summed E-state index contributed by atoms with van der Waals surface area (Å²) in [5.41, 5.74) is 5.45. The van der Waals surface area contributed by atoms with Crippen LogP contribution in [-0.4, -0.2) is 25.6 Å². The largest absolute Gasteiger partial charge is 0.385 e. The smallest absolute Gasteiger partial charge is 0.192 e. The van der Waals surface area contributed by atoms with Crippen molar-refractivity contribution in [3.63, 3.8) is 0 Å². The number of hydrogen-bond acceptors (Lipinski definition) is 4. The van der Waals surface area contributed by atoms with Crippen molar-refractivity contribution in [2.24, 2.45) is 5.73 Å². The van der Waals surface area contributed by atoms with Gasteiger partial charge < -0.3 is 16.5 Å². The molecule has 0 aliphatic heterocycles. The second kappa shape index (κ2) is 4.69. The van der Waals surface area contributed by atoms with Crippen LogP contribution in [-0.2, 0) is 4.79 Å². The highest BCUT2D eigenvalue weighted by Gasteiger charge is 2.01. The van der Waals surface area contributed by atoms with Crippen molar-refractivity contribution < 1.29 is 4.79 Å². The van der Waals surface area contributed by atoms with Crippen LogP contribution in [0.2, 0.25) is 0 Å². The molecule has 0 aromatic carbocycles. The van der Waals surface area contributed by atoms with Crippen LogP contribution in [0, 0.1) is 5.41 Å². The third kappa shape index (κ3) is 2.41. The van der Waals surface area contributed by atoms with Crippen LogP contribution >= 0.6 is 0 Å². The van der Waals surface area contributed by atoms with Crippen LogP contribution in [0.5, 0.6) is 0 Å². The number of likely N-dealkylation sites (N-methyl/N-ethyl adjacent to an activating group) is 1. The fourth-order valence-electron chi connectivity index (χ4n) is 0.509. The fraction of sp³-hybridized carbons (Fsp3) is 0.333. The molecule has 0 unspecified atom stereocenters. The van der Waals surface area contributed by atoms with Crippen LogP contribution < -0.4 is 11.1 Å². The highest BCUT2D eigenvalue weighted by molar-refractivity contribution is 5.99. The van der Waals surface area contributed by atoms with E-state index in [0.29, 0.717) is 5.70 Å². The molecular weight excluding hydrogens is 130 g/mol. The van der Waals surface area contributed by atoms with Crippen LogP contribution in [0.25, 0.3) is 0 Å². The van der Waals surface area contributed by atoms with E-state index in [1.807, 2.05) is 0 Å². The fourth-order valence-corrected chi connectivity index (χ4v) is 0.509. The summed E-state index contributed by atoms with van der Waals surface area (Å²) in [4.78, 5) is 10.8. The van der Waals surface area contributed by atoms with Crippen molar-refractivity contribution in [2.75, 3.05) is 13.6 Å². The van der Waals surface area contributed by atoms with Gasteiger partial charge >= 0.3 is 0 Å². The third-order valence-corrected chi connectivity index (χ3v) is 1.01. The molecule has 0 radical (unpaired) electrons. The Morgan fingerprint density at radius 2 is 2.40 bits per heavy atom. The van der Waals surface area contributed by atoms with Gasteiger partial charge in [-0.1, -0.05) is 0 Å². The average Bonchev–Trinajstić information content (AvgIpc) is 1.99. The molecule has 0 atom stereocenters. The molecular formula is C6H11N3O. The maximum absolute atomic E-state index is 10.8. The number of carbonyl (C=O) groups excluding carboxylic acids is 1. The Hall–Kier alpha value is -1.16. The Balaban J connectivity index is 4.19. The lowest BCUT2D eigenvalue weighted by molar-refractivity contribution is -0.114. The Bertz CT molecular complexity index is 162. The number of Topliss-reactive ketones (excluding diaryl/α,β-unsaturated/α-hetero) is 1. The molecule has 0 aliphatic rings. The van der Waals surface area contributed by atoms with Gasteiger partial charge in [-0.25, -0.2) is 0 Å². The minimum atomic E-state index is -0.189. The normalized spacial score (nSPS) is 10.8. The first-order valence-corrected chi connectivity index (χ1v) is 2.88. The average molecular weight is 141 g/mol. The van der Waals surface area contributed by atoms with E-state index in [9.17, 15) is 4.79 Å². The van der Waals surface area contributed by atoms with E-state index in [1.165, 1.54) is 6.08 Å². The molecule has 0 aromatic rings. The number of nitrogens with two attached hydrogens (primary N) is 1. The van der Waals surface area contributed by atoms with E-state index in [2.05, 4.69) is 5.32 Å². The van der Waals surface area contributed by atoms with Gasteiger partial charge in [0.05, 0.1) is 12.2 Å². The Morgan fingerprint density at radius 1 is 1.80 bits per heavy atom. The Morgan fingerprint density at radius 3 is 2.70 bits per heavy atom. The Kier molecular flexibility index (Phi) is 4.15. The van der Waals surface area contributed by atoms with Gasteiger partial charge in [0.25, 0.3) is 0 Å². The summed E-state index contributed by atoms with van der Waals surface area (Å²) in [6.45, 7) is -0.0273. The maximum Gasteiger partial charge on any atom is 0.192 e. The predicted octanol–water partition coefficient (Wildman–Crippen LogP) is -0.733. The summed E-state index contributed by atoms with van der Waals surface area (Å²) in [6.07, 6.45) is 2.41. The summed E-state index contributed by atoms with van der Waals surface area (Å²) in [5, 5.41) is 9.30. The summed E-state index contributed by atoms with van der Waals surface area (Å²) in [5.74, 6) is -0.189. The number of hydrogen-bond donors (Lipinski definition) is 3. The molecule has 0 aromatic heterocycles. The number of allylic oxidation sites excluding steroid dienone is 1. The van der Waals surface area contributed by atoms with Gasteiger partial charge in [-0.2, -0.15) is 0 Å². The first-order valence-electron chi connectivity index (χ1n) is 2.88. The zero-order valence-corrected chi connectivity index (χ0v) is 5.85. The second-order valence-electron chi connectivity index (χ2n) is 1.62. The van der Waals surface area contributed by atoms with Gasteiger partial charge in [0.2, 0.25) is 0 Å². The van der Waals surface area contributed by atoms with E-state index in [4.69, 9.17) is 11.1 Å². The van der Waals surface area contributed by atoms with Crippen LogP contribution in [0.1, 0.15) is 0 Å². The molecule has 10 heavy (non-hydrogen) atoms. The van der Waals surface area contributed by atoms with Crippen molar-refractivity contribution in [1.82, 2.24) is 5.32 Å². The molecule has 0 spiro atoms. The van der Waals surface area contributed by atoms with Crippen molar-refractivity contribution in [1.29, 1.82) is 5.41 Å². The monoisotopic (exact) mass is 141 g/mol. The summed E-state index contributed by atoms with van der Waals surface area (Å²) in [6, 6.07) is 0. The lowest BCUT2D eigenvalue weighted by atomic mass is 10.3. The quantitative estimate of drug-likeness (QED) is 0.356. The summed E-state index contributed by atoms with van der Waals surface area (Å²) >= 11 is 0. The van der Waals surface area contributed by atoms with E-state index >= 15 is 0 Å². The van der Waals surface area contributed by atoms with Gasteiger partial charge in [0.1, 0.15) is 0 Å². The van der Waals surface area contributed by atoms with Crippen molar-refractivity contribution in [3.8, 4) is 0 Å². The van der Waals surface area contributed by atoms with E-state index in [-0.39, 0.29) is 12.3 Å². The SMILES string of the molecule is CN/C(=C\C=N)C(=O)CN. The van der Waals surface area contributed by atoms with Gasteiger partial charge in [0, 0.05) is 13.3 Å². The van der Waals surface area contributed by atoms with Crippen molar-refractivity contribution in [2.45, 2.75) is 0 Å². The molecule has 56 valence electrons. The topological polar surface area (TPSA) is 79.0 Å². The summed E-state index contributed by atoms with van der Waals surface area (Å²) < 4.78 is 0.